The average molecular weight is 164 g/mol. The Morgan fingerprint density at radius 3 is 2.50 bits per heavy atom. The second-order valence-corrected chi connectivity index (χ2v) is 4.48. The van der Waals surface area contributed by atoms with Gasteiger partial charge < -0.3 is 4.79 Å². The van der Waals surface area contributed by atoms with E-state index in [9.17, 15) is 4.79 Å². The molecule has 0 heterocycles. The Labute approximate surface area is 73.8 Å². The van der Waals surface area contributed by atoms with E-state index in [1.165, 1.54) is 12.7 Å². The summed E-state index contributed by atoms with van der Waals surface area (Å²) in [5, 5.41) is 0. The summed E-state index contributed by atoms with van der Waals surface area (Å²) < 4.78 is 0. The van der Waals surface area contributed by atoms with Crippen LogP contribution in [0.3, 0.4) is 0 Å². The molecule has 0 spiro atoms. The lowest BCUT2D eigenvalue weighted by Gasteiger charge is -2.27. The highest BCUT2D eigenvalue weighted by atomic mass is 16.1. The first-order valence-corrected chi connectivity index (χ1v) is 4.87. The number of hydrogen-bond acceptors (Lipinski definition) is 1. The van der Waals surface area contributed by atoms with Crippen LogP contribution in [0.2, 0.25) is 0 Å². The number of hydrogen-bond donors (Lipinski definition) is 0. The van der Waals surface area contributed by atoms with Gasteiger partial charge >= 0.3 is 0 Å². The summed E-state index contributed by atoms with van der Waals surface area (Å²) >= 11 is 0. The smallest absolute Gasteiger partial charge is 0.123 e. The number of fused-ring (bicyclic) bond motifs is 2. The molecule has 0 aromatic heterocycles. The molecule has 1 fully saturated rings. The van der Waals surface area contributed by atoms with Gasteiger partial charge in [0.25, 0.3) is 0 Å². The molecule has 2 aliphatic carbocycles. The first-order valence-electron chi connectivity index (χ1n) is 4.87. The number of aldehydes is 1. The van der Waals surface area contributed by atoms with Crippen molar-refractivity contribution in [3.8, 4) is 0 Å². The lowest BCUT2D eigenvalue weighted by molar-refractivity contribution is -0.113. The van der Waals surface area contributed by atoms with Crippen molar-refractivity contribution in [1.29, 1.82) is 0 Å². The van der Waals surface area contributed by atoms with Gasteiger partial charge in [-0.1, -0.05) is 26.0 Å². The van der Waals surface area contributed by atoms with Gasteiger partial charge in [-0.25, -0.2) is 0 Å². The molecule has 1 heteroatoms. The molecule has 0 aromatic rings. The van der Waals surface area contributed by atoms with Gasteiger partial charge in [-0.05, 0) is 30.1 Å². The molecule has 1 saturated carbocycles. The maximum absolute atomic E-state index is 10.9. The van der Waals surface area contributed by atoms with Crippen LogP contribution in [0.15, 0.2) is 12.2 Å². The van der Waals surface area contributed by atoms with Gasteiger partial charge in [0.05, 0.1) is 0 Å². The average Bonchev–Trinajstić information content (AvgIpc) is 2.60. The number of rotatable bonds is 2. The molecular formula is C11H16O. The summed E-state index contributed by atoms with van der Waals surface area (Å²) in [5.41, 5.74) is 0. The molecule has 66 valence electrons. The molecule has 0 aromatic carbocycles. The lowest BCUT2D eigenvalue weighted by Crippen LogP contribution is -2.25. The van der Waals surface area contributed by atoms with Crippen LogP contribution in [0.25, 0.3) is 0 Å². The molecule has 4 atom stereocenters. The molecule has 0 radical (unpaired) electrons. The molecule has 0 N–H and O–H groups in total. The van der Waals surface area contributed by atoms with Crippen molar-refractivity contribution in [2.75, 3.05) is 0 Å². The Morgan fingerprint density at radius 1 is 1.33 bits per heavy atom. The summed E-state index contributed by atoms with van der Waals surface area (Å²) in [6.07, 6.45) is 6.96. The van der Waals surface area contributed by atoms with E-state index in [-0.39, 0.29) is 0 Å². The Morgan fingerprint density at radius 2 is 2.00 bits per heavy atom. The molecule has 0 amide bonds. The molecule has 12 heavy (non-hydrogen) atoms. The van der Waals surface area contributed by atoms with Crippen molar-refractivity contribution in [3.05, 3.63) is 12.2 Å². The van der Waals surface area contributed by atoms with Crippen molar-refractivity contribution in [2.45, 2.75) is 20.3 Å². The Hall–Kier alpha value is -0.590. The quantitative estimate of drug-likeness (QED) is 0.452. The molecule has 2 aliphatic rings. The predicted molar refractivity (Wildman–Crippen MR) is 48.6 cm³/mol. The fourth-order valence-corrected chi connectivity index (χ4v) is 3.03. The fraction of sp³-hybridized carbons (Fsp3) is 0.727. The van der Waals surface area contributed by atoms with Gasteiger partial charge in [0.15, 0.2) is 0 Å². The minimum absolute atomic E-state index is 0.319. The van der Waals surface area contributed by atoms with Crippen molar-refractivity contribution >= 4 is 6.29 Å². The zero-order chi connectivity index (χ0) is 8.72. The zero-order valence-corrected chi connectivity index (χ0v) is 7.73. The van der Waals surface area contributed by atoms with Gasteiger partial charge in [0.2, 0.25) is 0 Å². The standard InChI is InChI=1S/C11H16O/c1-7(2)11-9-4-3-8(5-9)10(11)6-12/h3-4,6-11H,5H2,1-2H3/t8?,9?,10-,11?/m0/s1. The topological polar surface area (TPSA) is 17.1 Å². The first-order chi connectivity index (χ1) is 5.74. The SMILES string of the molecule is CC(C)C1C2C=CC(C2)[C@@H]1C=O. The van der Waals surface area contributed by atoms with Gasteiger partial charge in [-0.2, -0.15) is 0 Å². The Balaban J connectivity index is 2.22. The Bertz CT molecular complexity index is 217. The largest absolute Gasteiger partial charge is 0.303 e. The van der Waals surface area contributed by atoms with Crippen molar-refractivity contribution in [1.82, 2.24) is 0 Å². The highest BCUT2D eigenvalue weighted by molar-refractivity contribution is 5.57. The van der Waals surface area contributed by atoms with E-state index < -0.39 is 0 Å². The predicted octanol–water partition coefficient (Wildman–Crippen LogP) is 2.28. The summed E-state index contributed by atoms with van der Waals surface area (Å²) in [5.74, 6) is 2.86. The van der Waals surface area contributed by atoms with E-state index in [2.05, 4.69) is 26.0 Å². The molecule has 2 rings (SSSR count). The molecule has 3 unspecified atom stereocenters. The van der Waals surface area contributed by atoms with E-state index in [0.29, 0.717) is 29.6 Å². The van der Waals surface area contributed by atoms with E-state index in [1.807, 2.05) is 0 Å². The normalized spacial score (nSPS) is 44.2. The minimum Gasteiger partial charge on any atom is -0.303 e. The van der Waals surface area contributed by atoms with Crippen molar-refractivity contribution < 1.29 is 4.79 Å². The highest BCUT2D eigenvalue weighted by Gasteiger charge is 2.45. The third-order valence-corrected chi connectivity index (χ3v) is 3.51. The summed E-state index contributed by atoms with van der Waals surface area (Å²) in [4.78, 5) is 10.9. The van der Waals surface area contributed by atoms with Gasteiger partial charge in [0.1, 0.15) is 6.29 Å². The maximum Gasteiger partial charge on any atom is 0.123 e. The summed E-state index contributed by atoms with van der Waals surface area (Å²) in [6, 6.07) is 0. The van der Waals surface area contributed by atoms with Crippen molar-refractivity contribution in [2.24, 2.45) is 29.6 Å². The summed E-state index contributed by atoms with van der Waals surface area (Å²) in [7, 11) is 0. The van der Waals surface area contributed by atoms with Gasteiger partial charge in [-0.3, -0.25) is 0 Å². The highest BCUT2D eigenvalue weighted by Crippen LogP contribution is 2.49. The number of carbonyl (C=O) groups is 1. The van der Waals surface area contributed by atoms with Crippen molar-refractivity contribution in [3.63, 3.8) is 0 Å². The van der Waals surface area contributed by atoms with Gasteiger partial charge in [-0.15, -0.1) is 0 Å². The monoisotopic (exact) mass is 164 g/mol. The molecule has 0 saturated heterocycles. The second kappa shape index (κ2) is 2.72. The van der Waals surface area contributed by atoms with Crippen LogP contribution in [0, 0.1) is 29.6 Å². The molecule has 1 nitrogen and oxygen atoms in total. The van der Waals surface area contributed by atoms with Crippen LogP contribution in [-0.2, 0) is 4.79 Å². The van der Waals surface area contributed by atoms with Crippen LogP contribution in [0.5, 0.6) is 0 Å². The van der Waals surface area contributed by atoms with Crippen LogP contribution < -0.4 is 0 Å². The fourth-order valence-electron chi connectivity index (χ4n) is 3.03. The zero-order valence-electron chi connectivity index (χ0n) is 7.73. The first kappa shape index (κ1) is 8.03. The van der Waals surface area contributed by atoms with Crippen LogP contribution in [0.1, 0.15) is 20.3 Å². The Kier molecular flexibility index (Phi) is 1.82. The lowest BCUT2D eigenvalue weighted by atomic mass is 9.77. The van der Waals surface area contributed by atoms with Crippen LogP contribution in [0.4, 0.5) is 0 Å². The number of carbonyl (C=O) groups excluding carboxylic acids is 1. The van der Waals surface area contributed by atoms with E-state index in [1.54, 1.807) is 0 Å². The maximum atomic E-state index is 10.9. The molecular weight excluding hydrogens is 148 g/mol. The van der Waals surface area contributed by atoms with E-state index >= 15 is 0 Å². The minimum atomic E-state index is 0.319. The second-order valence-electron chi connectivity index (χ2n) is 4.48. The molecule has 0 aliphatic heterocycles. The third kappa shape index (κ3) is 0.954. The summed E-state index contributed by atoms with van der Waals surface area (Å²) in [6.45, 7) is 4.46. The molecule has 2 bridgehead atoms. The van der Waals surface area contributed by atoms with Crippen LogP contribution in [-0.4, -0.2) is 6.29 Å². The van der Waals surface area contributed by atoms with E-state index in [0.717, 1.165) is 0 Å². The third-order valence-electron chi connectivity index (χ3n) is 3.51. The van der Waals surface area contributed by atoms with Crippen LogP contribution >= 0.6 is 0 Å². The number of allylic oxidation sites excluding steroid dienone is 2. The van der Waals surface area contributed by atoms with E-state index in [4.69, 9.17) is 0 Å². The van der Waals surface area contributed by atoms with Gasteiger partial charge in [0, 0.05) is 5.92 Å².